The minimum Gasteiger partial charge on any atom is -0.468 e. The molecule has 2 nitrogen and oxygen atoms in total. The number of halogens is 1. The van der Waals surface area contributed by atoms with Crippen molar-refractivity contribution in [3.63, 3.8) is 0 Å². The van der Waals surface area contributed by atoms with E-state index >= 15 is 0 Å². The summed E-state index contributed by atoms with van der Waals surface area (Å²) in [5, 5.41) is 0. The molecular formula is C13H11BrO2S. The first-order valence-corrected chi connectivity index (χ1v) is 6.71. The molecule has 1 aromatic heterocycles. The van der Waals surface area contributed by atoms with Crippen LogP contribution in [0.25, 0.3) is 0 Å². The van der Waals surface area contributed by atoms with Gasteiger partial charge in [0.1, 0.15) is 5.76 Å². The van der Waals surface area contributed by atoms with Crippen LogP contribution in [0.15, 0.2) is 49.2 Å². The summed E-state index contributed by atoms with van der Waals surface area (Å²) in [7, 11) is 0. The quantitative estimate of drug-likeness (QED) is 0.769. The lowest BCUT2D eigenvalue weighted by Gasteiger charge is -2.06. The summed E-state index contributed by atoms with van der Waals surface area (Å²) in [6.45, 7) is 3.49. The molecule has 0 fully saturated rings. The van der Waals surface area contributed by atoms with Crippen molar-refractivity contribution in [3.05, 3.63) is 46.3 Å². The van der Waals surface area contributed by atoms with Gasteiger partial charge in [-0.3, -0.25) is 4.79 Å². The Bertz CT molecular complexity index is 560. The van der Waals surface area contributed by atoms with Crippen molar-refractivity contribution >= 4 is 33.5 Å². The molecule has 0 saturated carbocycles. The lowest BCUT2D eigenvalue weighted by molar-refractivity contribution is 0.101. The number of rotatable bonds is 3. The van der Waals surface area contributed by atoms with Gasteiger partial charge in [-0.1, -0.05) is 27.7 Å². The normalized spacial score (nSPS) is 10.5. The van der Waals surface area contributed by atoms with Crippen LogP contribution in [-0.2, 0) is 0 Å². The van der Waals surface area contributed by atoms with E-state index in [4.69, 9.17) is 4.42 Å². The fraction of sp³-hybridized carbons (Fsp3) is 0.154. The van der Waals surface area contributed by atoms with Crippen molar-refractivity contribution in [1.29, 1.82) is 0 Å². The van der Waals surface area contributed by atoms with E-state index in [1.807, 2.05) is 31.2 Å². The van der Waals surface area contributed by atoms with Gasteiger partial charge in [-0.05, 0) is 38.1 Å². The van der Waals surface area contributed by atoms with Gasteiger partial charge in [-0.15, -0.1) is 0 Å². The molecule has 0 unspecified atom stereocenters. The molecular weight excluding hydrogens is 300 g/mol. The van der Waals surface area contributed by atoms with Crippen LogP contribution < -0.4 is 0 Å². The SMILES string of the molecule is CC(=O)c1ccc(Br)cc1Sc1ccoc1C. The van der Waals surface area contributed by atoms with E-state index in [1.54, 1.807) is 24.9 Å². The maximum atomic E-state index is 11.5. The maximum absolute atomic E-state index is 11.5. The molecule has 4 heteroatoms. The number of Topliss-reactive ketones (excluding diaryl/α,β-unsaturated/α-hetero) is 1. The van der Waals surface area contributed by atoms with Gasteiger partial charge in [-0.2, -0.15) is 0 Å². The summed E-state index contributed by atoms with van der Waals surface area (Å²) < 4.78 is 6.21. The molecule has 0 N–H and O–H groups in total. The number of carbonyl (C=O) groups excluding carboxylic acids is 1. The molecule has 88 valence electrons. The summed E-state index contributed by atoms with van der Waals surface area (Å²) in [5.41, 5.74) is 0.735. The predicted molar refractivity (Wildman–Crippen MR) is 71.7 cm³/mol. The highest BCUT2D eigenvalue weighted by Gasteiger charge is 2.11. The van der Waals surface area contributed by atoms with Gasteiger partial charge in [0.25, 0.3) is 0 Å². The topological polar surface area (TPSA) is 30.2 Å². The van der Waals surface area contributed by atoms with Crippen molar-refractivity contribution in [3.8, 4) is 0 Å². The molecule has 17 heavy (non-hydrogen) atoms. The molecule has 0 aliphatic rings. The van der Waals surface area contributed by atoms with Gasteiger partial charge < -0.3 is 4.42 Å². The van der Waals surface area contributed by atoms with Crippen LogP contribution in [-0.4, -0.2) is 5.78 Å². The monoisotopic (exact) mass is 310 g/mol. The molecule has 1 heterocycles. The van der Waals surface area contributed by atoms with Gasteiger partial charge in [0.2, 0.25) is 0 Å². The fourth-order valence-corrected chi connectivity index (χ4v) is 3.04. The highest BCUT2D eigenvalue weighted by molar-refractivity contribution is 9.10. The van der Waals surface area contributed by atoms with E-state index in [-0.39, 0.29) is 5.78 Å². The number of carbonyl (C=O) groups is 1. The zero-order valence-electron chi connectivity index (χ0n) is 9.49. The highest BCUT2D eigenvalue weighted by atomic mass is 79.9. The molecule has 0 aliphatic carbocycles. The standard InChI is InChI=1S/C13H11BrO2S/c1-8(15)11-4-3-10(14)7-13(11)17-12-5-6-16-9(12)2/h3-7H,1-2H3. The van der Waals surface area contributed by atoms with Gasteiger partial charge in [0.15, 0.2) is 5.78 Å². The van der Waals surface area contributed by atoms with E-state index in [1.165, 1.54) is 0 Å². The van der Waals surface area contributed by atoms with E-state index in [0.29, 0.717) is 0 Å². The summed E-state index contributed by atoms with van der Waals surface area (Å²) in [6.07, 6.45) is 1.66. The third-order valence-corrected chi connectivity index (χ3v) is 4.05. The number of aryl methyl sites for hydroxylation is 1. The number of ketones is 1. The molecule has 2 aromatic rings. The van der Waals surface area contributed by atoms with E-state index in [9.17, 15) is 4.79 Å². The van der Waals surface area contributed by atoms with Crippen LogP contribution in [0.1, 0.15) is 23.0 Å². The Morgan fingerprint density at radius 2 is 2.06 bits per heavy atom. The Balaban J connectivity index is 2.41. The molecule has 0 radical (unpaired) electrons. The second-order valence-electron chi connectivity index (χ2n) is 3.64. The van der Waals surface area contributed by atoms with E-state index in [0.717, 1.165) is 25.6 Å². The molecule has 0 atom stereocenters. The molecule has 0 bridgehead atoms. The third kappa shape index (κ3) is 2.82. The second kappa shape index (κ2) is 5.10. The lowest BCUT2D eigenvalue weighted by Crippen LogP contribution is -1.94. The van der Waals surface area contributed by atoms with Crippen LogP contribution >= 0.6 is 27.7 Å². The lowest BCUT2D eigenvalue weighted by atomic mass is 10.1. The van der Waals surface area contributed by atoms with Gasteiger partial charge in [0.05, 0.1) is 11.2 Å². The van der Waals surface area contributed by atoms with E-state index in [2.05, 4.69) is 15.9 Å². The zero-order valence-corrected chi connectivity index (χ0v) is 11.9. The Morgan fingerprint density at radius 1 is 1.29 bits per heavy atom. The summed E-state index contributed by atoms with van der Waals surface area (Å²) in [4.78, 5) is 13.5. The Morgan fingerprint density at radius 3 is 2.65 bits per heavy atom. The van der Waals surface area contributed by atoms with Crippen molar-refractivity contribution in [1.82, 2.24) is 0 Å². The molecule has 2 rings (SSSR count). The number of benzene rings is 1. The zero-order chi connectivity index (χ0) is 12.4. The molecule has 1 aromatic carbocycles. The first-order chi connectivity index (χ1) is 8.08. The predicted octanol–water partition coefficient (Wildman–Crippen LogP) is 4.70. The van der Waals surface area contributed by atoms with Crippen molar-refractivity contribution in [2.24, 2.45) is 0 Å². The minimum atomic E-state index is 0.0705. The largest absolute Gasteiger partial charge is 0.468 e. The average molecular weight is 311 g/mol. The third-order valence-electron chi connectivity index (χ3n) is 2.35. The van der Waals surface area contributed by atoms with E-state index < -0.39 is 0 Å². The van der Waals surface area contributed by atoms with Crippen molar-refractivity contribution in [2.75, 3.05) is 0 Å². The van der Waals surface area contributed by atoms with Crippen LogP contribution in [0.2, 0.25) is 0 Å². The van der Waals surface area contributed by atoms with Crippen LogP contribution in [0, 0.1) is 6.92 Å². The minimum absolute atomic E-state index is 0.0705. The molecule has 0 spiro atoms. The highest BCUT2D eigenvalue weighted by Crippen LogP contribution is 2.34. The second-order valence-corrected chi connectivity index (χ2v) is 5.64. The number of hydrogen-bond donors (Lipinski definition) is 0. The Labute approximate surface area is 113 Å². The summed E-state index contributed by atoms with van der Waals surface area (Å²) in [5.74, 6) is 0.936. The van der Waals surface area contributed by atoms with Gasteiger partial charge in [0, 0.05) is 14.9 Å². The number of furan rings is 1. The van der Waals surface area contributed by atoms with Crippen LogP contribution in [0.5, 0.6) is 0 Å². The smallest absolute Gasteiger partial charge is 0.160 e. The Kier molecular flexibility index (Phi) is 3.74. The molecule has 0 saturated heterocycles. The maximum Gasteiger partial charge on any atom is 0.160 e. The molecule has 0 aliphatic heterocycles. The van der Waals surface area contributed by atoms with Crippen LogP contribution in [0.3, 0.4) is 0 Å². The van der Waals surface area contributed by atoms with Gasteiger partial charge >= 0.3 is 0 Å². The van der Waals surface area contributed by atoms with Gasteiger partial charge in [-0.25, -0.2) is 0 Å². The first-order valence-electron chi connectivity index (χ1n) is 5.10. The Hall–Kier alpha value is -1.00. The number of hydrogen-bond acceptors (Lipinski definition) is 3. The fourth-order valence-electron chi connectivity index (χ4n) is 1.47. The average Bonchev–Trinajstić information content (AvgIpc) is 2.64. The van der Waals surface area contributed by atoms with Crippen LogP contribution in [0.4, 0.5) is 0 Å². The van der Waals surface area contributed by atoms with Crippen molar-refractivity contribution in [2.45, 2.75) is 23.6 Å². The summed E-state index contributed by atoms with van der Waals surface area (Å²) in [6, 6.07) is 7.58. The molecule has 0 amide bonds. The summed E-state index contributed by atoms with van der Waals surface area (Å²) >= 11 is 4.97. The first kappa shape index (κ1) is 12.5. The van der Waals surface area contributed by atoms with Crippen molar-refractivity contribution < 1.29 is 9.21 Å².